The fourth-order valence-corrected chi connectivity index (χ4v) is 9.13. The van der Waals surface area contributed by atoms with Gasteiger partial charge in [-0.3, -0.25) is 9.59 Å². The van der Waals surface area contributed by atoms with Crippen LogP contribution in [0.5, 0.6) is 0 Å². The molecule has 268 valence electrons. The Balaban J connectivity index is 1.24. The van der Waals surface area contributed by atoms with Crippen LogP contribution < -0.4 is 20.3 Å². The van der Waals surface area contributed by atoms with Gasteiger partial charge >= 0.3 is 0 Å². The molecule has 2 saturated heterocycles. The van der Waals surface area contributed by atoms with Crippen LogP contribution in [0.1, 0.15) is 95.6 Å². The molecule has 1 aliphatic carbocycles. The van der Waals surface area contributed by atoms with Crippen LogP contribution in [-0.4, -0.2) is 92.6 Å². The Kier molecular flexibility index (Phi) is 9.75. The Morgan fingerprint density at radius 1 is 1.06 bits per heavy atom. The summed E-state index contributed by atoms with van der Waals surface area (Å²) in [6.07, 6.45) is 6.36. The summed E-state index contributed by atoms with van der Waals surface area (Å²) in [5.41, 5.74) is 0.668. The highest BCUT2D eigenvalue weighted by molar-refractivity contribution is 7.90. The van der Waals surface area contributed by atoms with Crippen molar-refractivity contribution in [1.29, 1.82) is 0 Å². The molecular formula is C36H53N7O5S. The maximum absolute atomic E-state index is 13.9. The van der Waals surface area contributed by atoms with Gasteiger partial charge in [-0.2, -0.15) is 8.42 Å². The molecule has 1 unspecified atom stereocenters. The van der Waals surface area contributed by atoms with Crippen molar-refractivity contribution in [1.82, 2.24) is 24.9 Å². The van der Waals surface area contributed by atoms with E-state index in [1.54, 1.807) is 31.4 Å². The van der Waals surface area contributed by atoms with Gasteiger partial charge in [0, 0.05) is 42.9 Å². The van der Waals surface area contributed by atoms with Crippen molar-refractivity contribution < 1.29 is 22.7 Å². The molecule has 6 rings (SSSR count). The fraction of sp³-hybridized carbons (Fsp3) is 0.667. The Morgan fingerprint density at radius 3 is 2.49 bits per heavy atom. The minimum absolute atomic E-state index is 0.0963. The molecule has 5 heterocycles. The zero-order chi connectivity index (χ0) is 35.2. The average Bonchev–Trinajstić information content (AvgIpc) is 3.34. The number of amides is 2. The van der Waals surface area contributed by atoms with Crippen LogP contribution >= 0.6 is 0 Å². The van der Waals surface area contributed by atoms with Gasteiger partial charge in [-0.15, -0.1) is 0 Å². The number of hydrogen-bond acceptors (Lipinski definition) is 10. The third-order valence-corrected chi connectivity index (χ3v) is 12.3. The van der Waals surface area contributed by atoms with Crippen LogP contribution in [0.25, 0.3) is 0 Å². The van der Waals surface area contributed by atoms with E-state index in [9.17, 15) is 18.0 Å². The largest absolute Gasteiger partial charge is 0.383 e. The number of sulfonamides is 1. The summed E-state index contributed by atoms with van der Waals surface area (Å²) < 4.78 is 34.5. The van der Waals surface area contributed by atoms with Crippen molar-refractivity contribution >= 4 is 33.5 Å². The number of hydrogen-bond donors (Lipinski definition) is 3. The first kappa shape index (κ1) is 35.5. The summed E-state index contributed by atoms with van der Waals surface area (Å²) >= 11 is 0. The van der Waals surface area contributed by atoms with E-state index in [0.29, 0.717) is 24.2 Å². The van der Waals surface area contributed by atoms with Gasteiger partial charge in [-0.25, -0.2) is 14.7 Å². The SMILES string of the molecule is COCCN1CCC2(CC1)CC(NC(=O)C1CC[C@@H]3CN(c4nc(C(C)(C)C)ccc4C(=O)NS(=O)(=O)c4cccc(n4)N1)C(C)(C)C3)C2. The standard InChI is InChI=1S/C36H53N7O5S/c1-34(2,3)28-13-11-26-31(39-28)43-23-24(20-35(43,4)5)10-12-27(38-29-8-7-9-30(40-29)49(46,47)41-32(26)44)33(45)37-25-21-36(22-25)14-16-42(17-15-36)18-19-48-6/h7-9,11,13,24-25,27H,10,12,14-23H2,1-6H3,(H,37,45)(H,38,40)(H,41,44)/t24-,27?/m0/s1. The van der Waals surface area contributed by atoms with Gasteiger partial charge in [0.15, 0.2) is 5.03 Å². The van der Waals surface area contributed by atoms with E-state index in [-0.39, 0.29) is 45.2 Å². The molecule has 13 heteroatoms. The van der Waals surface area contributed by atoms with Gasteiger partial charge in [-0.1, -0.05) is 26.8 Å². The van der Waals surface area contributed by atoms with Gasteiger partial charge in [-0.05, 0) is 107 Å². The summed E-state index contributed by atoms with van der Waals surface area (Å²) in [4.78, 5) is 41.5. The molecule has 3 fully saturated rings. The van der Waals surface area contributed by atoms with E-state index in [1.807, 2.05) is 0 Å². The molecule has 12 nitrogen and oxygen atoms in total. The molecule has 2 aromatic heterocycles. The predicted octanol–water partition coefficient (Wildman–Crippen LogP) is 4.08. The number of fused-ring (bicyclic) bond motifs is 6. The number of ether oxygens (including phenoxy) is 1. The van der Waals surface area contributed by atoms with Crippen molar-refractivity contribution in [3.05, 3.63) is 41.6 Å². The number of aromatic nitrogens is 2. The van der Waals surface area contributed by atoms with E-state index >= 15 is 0 Å². The number of methoxy groups -OCH3 is 1. The lowest BCUT2D eigenvalue weighted by Crippen LogP contribution is -2.57. The van der Waals surface area contributed by atoms with Gasteiger partial charge in [0.2, 0.25) is 5.91 Å². The monoisotopic (exact) mass is 695 g/mol. The van der Waals surface area contributed by atoms with Crippen molar-refractivity contribution in [3.63, 3.8) is 0 Å². The topological polar surface area (TPSA) is 146 Å². The summed E-state index contributed by atoms with van der Waals surface area (Å²) in [7, 11) is -2.60. The summed E-state index contributed by atoms with van der Waals surface area (Å²) in [5.74, 6) is 0.116. The second-order valence-electron chi connectivity index (χ2n) is 16.3. The van der Waals surface area contributed by atoms with E-state index in [1.165, 1.54) is 6.07 Å². The Hall–Kier alpha value is -3.29. The number of likely N-dealkylation sites (tertiary alicyclic amines) is 1. The zero-order valence-corrected chi connectivity index (χ0v) is 30.7. The second kappa shape index (κ2) is 13.4. The lowest BCUT2D eigenvalue weighted by atomic mass is 9.60. The van der Waals surface area contributed by atoms with Gasteiger partial charge in [0.1, 0.15) is 17.7 Å². The minimum atomic E-state index is -4.34. The first-order valence-electron chi connectivity index (χ1n) is 17.7. The molecule has 1 saturated carbocycles. The van der Waals surface area contributed by atoms with Crippen molar-refractivity contribution in [2.75, 3.05) is 50.1 Å². The molecule has 49 heavy (non-hydrogen) atoms. The van der Waals surface area contributed by atoms with Gasteiger partial charge in [0.05, 0.1) is 12.2 Å². The summed E-state index contributed by atoms with van der Waals surface area (Å²) in [5, 5.41) is 6.27. The average molecular weight is 696 g/mol. The van der Waals surface area contributed by atoms with Crippen molar-refractivity contribution in [2.24, 2.45) is 11.3 Å². The van der Waals surface area contributed by atoms with Gasteiger partial charge < -0.3 is 25.2 Å². The lowest BCUT2D eigenvalue weighted by Gasteiger charge is -2.52. The highest BCUT2D eigenvalue weighted by Crippen LogP contribution is 2.49. The first-order valence-corrected chi connectivity index (χ1v) is 19.2. The van der Waals surface area contributed by atoms with E-state index < -0.39 is 22.0 Å². The minimum Gasteiger partial charge on any atom is -0.383 e. The predicted molar refractivity (Wildman–Crippen MR) is 189 cm³/mol. The number of rotatable bonds is 5. The third-order valence-electron chi connectivity index (χ3n) is 11.1. The fourth-order valence-electron chi connectivity index (χ4n) is 8.20. The molecule has 1 spiro atoms. The smallest absolute Gasteiger partial charge is 0.281 e. The van der Waals surface area contributed by atoms with E-state index in [4.69, 9.17) is 9.72 Å². The molecule has 0 radical (unpaired) electrons. The molecule has 3 aliphatic heterocycles. The van der Waals surface area contributed by atoms with Gasteiger partial charge in [0.25, 0.3) is 15.9 Å². The van der Waals surface area contributed by atoms with Crippen LogP contribution in [0.3, 0.4) is 0 Å². The Morgan fingerprint density at radius 2 is 1.80 bits per heavy atom. The number of carbonyl (C=O) groups excluding carboxylic acids is 2. The first-order chi connectivity index (χ1) is 23.1. The van der Waals surface area contributed by atoms with Crippen molar-refractivity contribution in [2.45, 2.75) is 108 Å². The highest BCUT2D eigenvalue weighted by Gasteiger charge is 2.47. The van der Waals surface area contributed by atoms with Crippen LogP contribution in [-0.2, 0) is 25.0 Å². The van der Waals surface area contributed by atoms with Crippen LogP contribution in [0.4, 0.5) is 11.6 Å². The number of pyridine rings is 2. The molecule has 2 atom stereocenters. The molecule has 2 amide bonds. The van der Waals surface area contributed by atoms with E-state index in [0.717, 1.165) is 70.5 Å². The number of nitrogens with zero attached hydrogens (tertiary/aromatic N) is 4. The number of carbonyl (C=O) groups is 2. The van der Waals surface area contributed by atoms with Crippen molar-refractivity contribution in [3.8, 4) is 0 Å². The normalized spacial score (nSPS) is 25.3. The maximum Gasteiger partial charge on any atom is 0.281 e. The molecule has 2 aromatic rings. The summed E-state index contributed by atoms with van der Waals surface area (Å²) in [6.45, 7) is 14.9. The Bertz CT molecular complexity index is 1660. The van der Waals surface area contributed by atoms with Crippen LogP contribution in [0.2, 0.25) is 0 Å². The number of anilines is 2. The number of piperidine rings is 1. The second-order valence-corrected chi connectivity index (χ2v) is 18.0. The van der Waals surface area contributed by atoms with Crippen LogP contribution in [0.15, 0.2) is 35.4 Å². The zero-order valence-electron chi connectivity index (χ0n) is 29.8. The molecule has 3 N–H and O–H groups in total. The quantitative estimate of drug-likeness (QED) is 0.419. The molecule has 4 bridgehead atoms. The lowest BCUT2D eigenvalue weighted by molar-refractivity contribution is -0.125. The maximum atomic E-state index is 13.9. The highest BCUT2D eigenvalue weighted by atomic mass is 32.2. The van der Waals surface area contributed by atoms with Crippen LogP contribution in [0, 0.1) is 11.3 Å². The third kappa shape index (κ3) is 7.73. The molecule has 0 aromatic carbocycles. The number of nitrogens with one attached hydrogen (secondary N) is 3. The Labute approximate surface area is 291 Å². The molecule has 4 aliphatic rings. The van der Waals surface area contributed by atoms with E-state index in [2.05, 4.69) is 64.8 Å². The summed E-state index contributed by atoms with van der Waals surface area (Å²) in [6, 6.07) is 7.55. The molecular weight excluding hydrogens is 643 g/mol.